The van der Waals surface area contributed by atoms with E-state index in [4.69, 9.17) is 9.84 Å². The van der Waals surface area contributed by atoms with E-state index >= 15 is 0 Å². The first-order chi connectivity index (χ1) is 18.5. The van der Waals surface area contributed by atoms with E-state index in [0.29, 0.717) is 18.4 Å². The summed E-state index contributed by atoms with van der Waals surface area (Å²) in [6, 6.07) is 14.2. The van der Waals surface area contributed by atoms with Crippen molar-refractivity contribution in [2.45, 2.75) is 56.4 Å². The molecule has 2 fully saturated rings. The van der Waals surface area contributed by atoms with E-state index in [9.17, 15) is 14.0 Å². The Bertz CT molecular complexity index is 1370. The smallest absolute Gasteiger partial charge is 0.317 e. The van der Waals surface area contributed by atoms with Gasteiger partial charge >= 0.3 is 5.97 Å². The summed E-state index contributed by atoms with van der Waals surface area (Å²) in [5, 5.41) is 10.5. The predicted molar refractivity (Wildman–Crippen MR) is 148 cm³/mol. The zero-order valence-corrected chi connectivity index (χ0v) is 22.6. The van der Waals surface area contributed by atoms with Crippen molar-refractivity contribution < 1.29 is 18.7 Å². The number of halogens is 1. The van der Waals surface area contributed by atoms with Crippen molar-refractivity contribution in [3.8, 4) is 0 Å². The quantitative estimate of drug-likeness (QED) is 0.308. The zero-order valence-electron chi connectivity index (χ0n) is 21.0. The molecule has 5 nitrogen and oxygen atoms in total. The molecular formula is C30H29FN2O3S2. The van der Waals surface area contributed by atoms with Crippen LogP contribution in [0.1, 0.15) is 66.3 Å². The molecule has 0 spiro atoms. The normalized spacial score (nSPS) is 23.3. The number of ether oxygens (including phenoxy) is 1. The van der Waals surface area contributed by atoms with Crippen LogP contribution in [-0.4, -0.2) is 29.2 Å². The van der Waals surface area contributed by atoms with Crippen LogP contribution in [0.2, 0.25) is 0 Å². The van der Waals surface area contributed by atoms with Gasteiger partial charge in [-0.15, -0.1) is 22.7 Å². The van der Waals surface area contributed by atoms with Gasteiger partial charge in [0.05, 0.1) is 17.2 Å². The van der Waals surface area contributed by atoms with Crippen molar-refractivity contribution in [2.24, 2.45) is 11.0 Å². The van der Waals surface area contributed by atoms with E-state index in [0.717, 1.165) is 42.7 Å². The fourth-order valence-electron chi connectivity index (χ4n) is 6.20. The van der Waals surface area contributed by atoms with Crippen molar-refractivity contribution in [1.82, 2.24) is 5.01 Å². The lowest BCUT2D eigenvalue weighted by atomic mass is 9.79. The van der Waals surface area contributed by atoms with Gasteiger partial charge in [-0.25, -0.2) is 9.40 Å². The molecule has 1 aliphatic heterocycles. The van der Waals surface area contributed by atoms with E-state index in [1.54, 1.807) is 39.8 Å². The van der Waals surface area contributed by atoms with E-state index in [2.05, 4.69) is 23.6 Å². The van der Waals surface area contributed by atoms with E-state index in [-0.39, 0.29) is 30.3 Å². The van der Waals surface area contributed by atoms with Crippen LogP contribution in [0.4, 0.5) is 4.39 Å². The first-order valence-corrected chi connectivity index (χ1v) is 14.9. The zero-order chi connectivity index (χ0) is 26.1. The van der Waals surface area contributed by atoms with Crippen molar-refractivity contribution >= 4 is 46.3 Å². The lowest BCUT2D eigenvalue weighted by Gasteiger charge is -2.29. The van der Waals surface area contributed by atoms with Gasteiger partial charge in [0.25, 0.3) is 5.91 Å². The monoisotopic (exact) mass is 548 g/mol. The summed E-state index contributed by atoms with van der Waals surface area (Å²) in [4.78, 5) is 29.3. The summed E-state index contributed by atoms with van der Waals surface area (Å²) < 4.78 is 19.7. The molecular weight excluding hydrogens is 519 g/mol. The summed E-state index contributed by atoms with van der Waals surface area (Å²) in [6.07, 6.45) is 8.01. The number of benzene rings is 1. The lowest BCUT2D eigenvalue weighted by molar-refractivity contribution is -0.158. The summed E-state index contributed by atoms with van der Waals surface area (Å²) in [7, 11) is 0. The highest BCUT2D eigenvalue weighted by Gasteiger charge is 2.47. The molecule has 2 atom stereocenters. The molecule has 6 rings (SSSR count). The number of thiophene rings is 2. The third-order valence-corrected chi connectivity index (χ3v) is 9.77. The molecule has 8 heteroatoms. The SMILES string of the molecule is O=C(COC(=O)C1(c2cccc(F)c2)CCCC1)N1N=C2/C(=C\c3cccs3)CCC[C@@H]2[C@H]1c1cccs1. The summed E-state index contributed by atoms with van der Waals surface area (Å²) in [6.45, 7) is -0.384. The van der Waals surface area contributed by atoms with Gasteiger partial charge in [0.15, 0.2) is 6.61 Å². The van der Waals surface area contributed by atoms with Crippen LogP contribution in [0.25, 0.3) is 6.08 Å². The van der Waals surface area contributed by atoms with Gasteiger partial charge in [-0.05, 0) is 84.3 Å². The van der Waals surface area contributed by atoms with Gasteiger partial charge in [-0.1, -0.05) is 37.1 Å². The molecule has 1 amide bonds. The van der Waals surface area contributed by atoms with Crippen LogP contribution in [0.3, 0.4) is 0 Å². The minimum atomic E-state index is -0.906. The maximum absolute atomic E-state index is 14.0. The number of hydrazone groups is 1. The van der Waals surface area contributed by atoms with Gasteiger partial charge in [-0.2, -0.15) is 5.10 Å². The Labute approximate surface area is 229 Å². The Morgan fingerprint density at radius 3 is 2.63 bits per heavy atom. The van der Waals surface area contributed by atoms with Crippen LogP contribution in [0, 0.1) is 11.7 Å². The number of nitrogens with zero attached hydrogens (tertiary/aromatic N) is 2. The molecule has 3 aromatic rings. The standard InChI is InChI=1S/C30H29FN2O3S2/c31-22-9-4-8-21(18-22)30(13-1-2-14-30)29(35)36-19-26(34)33-28(25-12-6-16-38-25)24-11-3-7-20(27(24)32-33)17-23-10-5-15-37-23/h4-6,8-10,12,15-18,24,28H,1-3,7,11,13-14,19H2/b20-17-/t24-,28-/m0/s1. The van der Waals surface area contributed by atoms with Crippen molar-refractivity contribution in [3.63, 3.8) is 0 Å². The van der Waals surface area contributed by atoms with Crippen LogP contribution < -0.4 is 0 Å². The number of carbonyl (C=O) groups excluding carboxylic acids is 2. The summed E-state index contributed by atoms with van der Waals surface area (Å²) in [5.41, 5.74) is 1.86. The van der Waals surface area contributed by atoms with Gasteiger partial charge in [0.2, 0.25) is 0 Å². The van der Waals surface area contributed by atoms with Crippen LogP contribution in [0.5, 0.6) is 0 Å². The molecule has 3 heterocycles. The van der Waals surface area contributed by atoms with Crippen LogP contribution in [0.15, 0.2) is 70.0 Å². The minimum absolute atomic E-state index is 0.113. The predicted octanol–water partition coefficient (Wildman–Crippen LogP) is 7.13. The molecule has 1 aromatic carbocycles. The molecule has 0 unspecified atom stereocenters. The molecule has 196 valence electrons. The van der Waals surface area contributed by atoms with E-state index in [1.807, 2.05) is 17.5 Å². The molecule has 2 aromatic heterocycles. The maximum Gasteiger partial charge on any atom is 0.317 e. The molecule has 38 heavy (non-hydrogen) atoms. The molecule has 2 saturated carbocycles. The second-order valence-electron chi connectivity index (χ2n) is 10.2. The summed E-state index contributed by atoms with van der Waals surface area (Å²) in [5.74, 6) is -1.05. The molecule has 0 bridgehead atoms. The first-order valence-electron chi connectivity index (χ1n) is 13.2. The molecule has 0 N–H and O–H groups in total. The summed E-state index contributed by atoms with van der Waals surface area (Å²) >= 11 is 3.31. The number of allylic oxidation sites excluding steroid dienone is 1. The minimum Gasteiger partial charge on any atom is -0.455 e. The highest BCUT2D eigenvalue weighted by molar-refractivity contribution is 7.11. The van der Waals surface area contributed by atoms with Crippen molar-refractivity contribution in [3.05, 3.63) is 86.0 Å². The third kappa shape index (κ3) is 4.64. The largest absolute Gasteiger partial charge is 0.455 e. The first kappa shape index (κ1) is 25.2. The Balaban J connectivity index is 1.25. The highest BCUT2D eigenvalue weighted by atomic mass is 32.1. The fraction of sp³-hybridized carbons (Fsp3) is 0.367. The molecule has 3 aliphatic rings. The number of rotatable bonds is 6. The number of amides is 1. The van der Waals surface area contributed by atoms with E-state index in [1.165, 1.54) is 22.6 Å². The molecule has 0 radical (unpaired) electrons. The van der Waals surface area contributed by atoms with Crippen LogP contribution >= 0.6 is 22.7 Å². The number of hydrogen-bond acceptors (Lipinski definition) is 6. The van der Waals surface area contributed by atoms with Gasteiger partial charge in [-0.3, -0.25) is 9.59 Å². The highest BCUT2D eigenvalue weighted by Crippen LogP contribution is 2.46. The Morgan fingerprint density at radius 1 is 1.08 bits per heavy atom. The molecule has 2 aliphatic carbocycles. The Morgan fingerprint density at radius 2 is 1.89 bits per heavy atom. The number of hydrogen-bond donors (Lipinski definition) is 0. The van der Waals surface area contributed by atoms with Crippen molar-refractivity contribution in [1.29, 1.82) is 0 Å². The number of carbonyl (C=O) groups is 2. The average Bonchev–Trinajstić information content (AvgIpc) is 3.73. The van der Waals surface area contributed by atoms with E-state index < -0.39 is 11.4 Å². The number of fused-ring (bicyclic) bond motifs is 1. The second-order valence-corrected chi connectivity index (χ2v) is 12.2. The Hall–Kier alpha value is -3.10. The molecule has 0 saturated heterocycles. The lowest BCUT2D eigenvalue weighted by Crippen LogP contribution is -2.39. The van der Waals surface area contributed by atoms with Gasteiger partial charge < -0.3 is 4.74 Å². The van der Waals surface area contributed by atoms with Crippen molar-refractivity contribution in [2.75, 3.05) is 6.61 Å². The van der Waals surface area contributed by atoms with Crippen LogP contribution in [-0.2, 0) is 19.7 Å². The average molecular weight is 549 g/mol. The fourth-order valence-corrected chi connectivity index (χ4v) is 7.75. The van der Waals surface area contributed by atoms with Gasteiger partial charge in [0.1, 0.15) is 5.82 Å². The second kappa shape index (κ2) is 10.6. The third-order valence-electron chi connectivity index (χ3n) is 8.00. The number of esters is 1. The Kier molecular flexibility index (Phi) is 7.01. The topological polar surface area (TPSA) is 59.0 Å². The maximum atomic E-state index is 14.0. The van der Waals surface area contributed by atoms with Gasteiger partial charge in [0, 0.05) is 15.7 Å².